The van der Waals surface area contributed by atoms with Crippen molar-refractivity contribution < 1.29 is 24.3 Å². The quantitative estimate of drug-likeness (QED) is 0.755. The van der Waals surface area contributed by atoms with Gasteiger partial charge in [-0.1, -0.05) is 18.2 Å². The van der Waals surface area contributed by atoms with Crippen LogP contribution in [0.15, 0.2) is 18.2 Å². The van der Waals surface area contributed by atoms with Gasteiger partial charge in [0.1, 0.15) is 5.54 Å². The zero-order chi connectivity index (χ0) is 20.9. The topological polar surface area (TPSA) is 77.8 Å². The predicted octanol–water partition coefficient (Wildman–Crippen LogP) is 3.65. The van der Waals surface area contributed by atoms with Crippen molar-refractivity contribution in [3.63, 3.8) is 0 Å². The molecule has 1 amide bonds. The van der Waals surface area contributed by atoms with E-state index < -0.39 is 27.6 Å². The van der Waals surface area contributed by atoms with Crippen LogP contribution in [0.3, 0.4) is 0 Å². The van der Waals surface area contributed by atoms with Crippen LogP contribution in [0.5, 0.6) is 0 Å². The van der Waals surface area contributed by atoms with Crippen LogP contribution < -0.4 is 0 Å². The summed E-state index contributed by atoms with van der Waals surface area (Å²) in [6.07, 6.45) is 1.61. The highest BCUT2D eigenvalue weighted by Gasteiger charge is 2.67. The number of hydrogen-bond donors (Lipinski definition) is 2. The molecule has 1 aromatic rings. The highest BCUT2D eigenvalue weighted by atomic mass is 16.4. The number of carbonyl (C=O) groups is 2. The van der Waals surface area contributed by atoms with E-state index in [0.29, 0.717) is 17.9 Å². The summed E-state index contributed by atoms with van der Waals surface area (Å²) in [5.41, 5.74) is 0.635. The fraction of sp³-hybridized carbons (Fsp3) is 0.636. The van der Waals surface area contributed by atoms with Gasteiger partial charge >= 0.3 is 12.1 Å². The van der Waals surface area contributed by atoms with E-state index in [1.165, 1.54) is 5.56 Å². The maximum Gasteiger partial charge on any atom is 0.515 e. The minimum absolute atomic E-state index is 0.276. The molecule has 2 aliphatic heterocycles. The lowest BCUT2D eigenvalue weighted by Crippen LogP contribution is -2.76. The number of nitrogens with zero attached hydrogens (tertiary/aromatic N) is 2. The molecule has 0 radical (unpaired) electrons. The van der Waals surface area contributed by atoms with Gasteiger partial charge in [-0.05, 0) is 70.8 Å². The molecule has 2 aliphatic rings. The Morgan fingerprint density at radius 2 is 1.79 bits per heavy atom. The number of aliphatic carboxylic acids is 1. The summed E-state index contributed by atoms with van der Waals surface area (Å²) >= 11 is 0. The van der Waals surface area contributed by atoms with Gasteiger partial charge in [-0.2, -0.15) is 4.79 Å². The molecular formula is C22H33N2O4+. The molecule has 1 fully saturated rings. The summed E-state index contributed by atoms with van der Waals surface area (Å²) in [7, 11) is 2.13. The standard InChI is InChI=1S/C22H32N2O4/c1-21(2,3)24(20(27)28)14-11-17-16(15-9-12-23(5)13-10-15)7-6-8-18(17)22(24,4)19(25)26/h6-8,15H,9-14H2,1-5H3,(H-,25,26,27,28)/p+1. The summed E-state index contributed by atoms with van der Waals surface area (Å²) in [4.78, 5) is 27.5. The first kappa shape index (κ1) is 20.8. The lowest BCUT2D eigenvalue weighted by molar-refractivity contribution is -0.949. The third-order valence-corrected chi connectivity index (χ3v) is 7.24. The van der Waals surface area contributed by atoms with E-state index in [0.717, 1.165) is 31.5 Å². The zero-order valence-electron chi connectivity index (χ0n) is 17.7. The minimum atomic E-state index is -1.54. The van der Waals surface area contributed by atoms with E-state index >= 15 is 0 Å². The summed E-state index contributed by atoms with van der Waals surface area (Å²) in [6, 6.07) is 5.87. The molecule has 0 spiro atoms. The summed E-state index contributed by atoms with van der Waals surface area (Å²) in [5.74, 6) is -0.671. The molecular weight excluding hydrogens is 356 g/mol. The van der Waals surface area contributed by atoms with Crippen molar-refractivity contribution in [2.75, 3.05) is 26.7 Å². The van der Waals surface area contributed by atoms with Crippen LogP contribution in [-0.2, 0) is 16.8 Å². The Labute approximate surface area is 167 Å². The van der Waals surface area contributed by atoms with Crippen LogP contribution in [-0.4, -0.2) is 63.9 Å². The summed E-state index contributed by atoms with van der Waals surface area (Å²) in [6.45, 7) is 9.42. The molecule has 0 aromatic heterocycles. The van der Waals surface area contributed by atoms with Gasteiger partial charge in [-0.25, -0.2) is 9.28 Å². The molecule has 0 bridgehead atoms. The van der Waals surface area contributed by atoms with E-state index in [-0.39, 0.29) is 6.54 Å². The fourth-order valence-electron chi connectivity index (χ4n) is 5.61. The summed E-state index contributed by atoms with van der Waals surface area (Å²) in [5, 5.41) is 20.6. The van der Waals surface area contributed by atoms with Crippen LogP contribution in [0, 0.1) is 0 Å². The van der Waals surface area contributed by atoms with Crippen LogP contribution in [0.25, 0.3) is 0 Å². The van der Waals surface area contributed by atoms with Gasteiger partial charge in [-0.15, -0.1) is 0 Å². The van der Waals surface area contributed by atoms with Crippen molar-refractivity contribution in [3.8, 4) is 0 Å². The van der Waals surface area contributed by atoms with Crippen molar-refractivity contribution in [3.05, 3.63) is 34.9 Å². The first-order valence-electron chi connectivity index (χ1n) is 10.1. The van der Waals surface area contributed by atoms with Gasteiger partial charge in [0.25, 0.3) is 0 Å². The van der Waals surface area contributed by atoms with Crippen molar-refractivity contribution in [2.45, 2.75) is 64.0 Å². The number of piperidine rings is 1. The molecule has 2 atom stereocenters. The molecule has 28 heavy (non-hydrogen) atoms. The van der Waals surface area contributed by atoms with E-state index in [9.17, 15) is 19.8 Å². The maximum absolute atomic E-state index is 12.7. The monoisotopic (exact) mass is 389 g/mol. The Kier molecular flexibility index (Phi) is 5.09. The molecule has 3 rings (SSSR count). The molecule has 154 valence electrons. The van der Waals surface area contributed by atoms with Gasteiger partial charge in [0.05, 0.1) is 6.54 Å². The van der Waals surface area contributed by atoms with Crippen LogP contribution >= 0.6 is 0 Å². The number of carboxylic acid groups (broad SMARTS) is 2. The van der Waals surface area contributed by atoms with Gasteiger partial charge in [-0.3, -0.25) is 0 Å². The van der Waals surface area contributed by atoms with E-state index in [1.807, 2.05) is 32.9 Å². The highest BCUT2D eigenvalue weighted by Crippen LogP contribution is 2.49. The third-order valence-electron chi connectivity index (χ3n) is 7.24. The van der Waals surface area contributed by atoms with Crippen LogP contribution in [0.4, 0.5) is 4.79 Å². The number of carboxylic acids is 1. The second kappa shape index (κ2) is 6.85. The second-order valence-electron chi connectivity index (χ2n) is 9.57. The van der Waals surface area contributed by atoms with Crippen molar-refractivity contribution >= 4 is 12.1 Å². The number of hydrogen-bond acceptors (Lipinski definition) is 3. The van der Waals surface area contributed by atoms with E-state index in [4.69, 9.17) is 0 Å². The van der Waals surface area contributed by atoms with E-state index in [1.54, 1.807) is 6.92 Å². The Hall–Kier alpha value is -1.92. The average Bonchev–Trinajstić information content (AvgIpc) is 2.61. The summed E-state index contributed by atoms with van der Waals surface area (Å²) < 4.78 is -0.501. The fourth-order valence-corrected chi connectivity index (χ4v) is 5.61. The number of likely N-dealkylation sites (tertiary alicyclic amines) is 1. The van der Waals surface area contributed by atoms with Gasteiger partial charge in [0.15, 0.2) is 0 Å². The Morgan fingerprint density at radius 3 is 2.29 bits per heavy atom. The molecule has 6 nitrogen and oxygen atoms in total. The smallest absolute Gasteiger partial charge is 0.476 e. The van der Waals surface area contributed by atoms with Crippen LogP contribution in [0.1, 0.15) is 63.1 Å². The third kappa shape index (κ3) is 2.77. The number of fused-ring (bicyclic) bond motifs is 1. The first-order valence-corrected chi connectivity index (χ1v) is 10.1. The molecule has 0 aliphatic carbocycles. The van der Waals surface area contributed by atoms with Gasteiger partial charge in [0.2, 0.25) is 5.54 Å². The Morgan fingerprint density at radius 1 is 1.18 bits per heavy atom. The number of rotatable bonds is 2. The lowest BCUT2D eigenvalue weighted by Gasteiger charge is -2.55. The molecule has 2 N–H and O–H groups in total. The first-order chi connectivity index (χ1) is 13.0. The predicted molar refractivity (Wildman–Crippen MR) is 108 cm³/mol. The second-order valence-corrected chi connectivity index (χ2v) is 9.57. The Bertz CT molecular complexity index is 792. The zero-order valence-corrected chi connectivity index (χ0v) is 17.7. The minimum Gasteiger partial charge on any atom is -0.476 e. The highest BCUT2D eigenvalue weighted by molar-refractivity contribution is 5.82. The normalized spacial score (nSPS) is 29.3. The SMILES string of the molecule is CN1CCC(c2cccc3c2CC[N+](C(=O)O)(C(C)(C)C)C3(C)C(=O)O)CC1. The molecule has 0 saturated carbocycles. The maximum atomic E-state index is 12.7. The van der Waals surface area contributed by atoms with Crippen molar-refractivity contribution in [1.82, 2.24) is 4.90 Å². The van der Waals surface area contributed by atoms with Crippen LogP contribution in [0.2, 0.25) is 0 Å². The molecule has 2 unspecified atom stereocenters. The molecule has 1 saturated heterocycles. The van der Waals surface area contributed by atoms with Gasteiger partial charge in [0, 0.05) is 18.9 Å². The average molecular weight is 390 g/mol. The Balaban J connectivity index is 2.21. The number of amides is 1. The van der Waals surface area contributed by atoms with Crippen molar-refractivity contribution in [1.29, 1.82) is 0 Å². The van der Waals surface area contributed by atoms with Crippen molar-refractivity contribution in [2.24, 2.45) is 0 Å². The van der Waals surface area contributed by atoms with Gasteiger partial charge < -0.3 is 15.1 Å². The number of benzene rings is 1. The molecule has 6 heteroatoms. The largest absolute Gasteiger partial charge is 0.515 e. The molecule has 2 heterocycles. The molecule has 1 aromatic carbocycles. The van der Waals surface area contributed by atoms with E-state index in [2.05, 4.69) is 18.0 Å². The lowest BCUT2D eigenvalue weighted by atomic mass is 9.72. The number of quaternary nitrogens is 1.